The molecule has 4 aromatic rings. The Labute approximate surface area is 175 Å². The molecule has 0 atom stereocenters. The number of para-hydroxylation sites is 1. The molecule has 152 valence electrons. The van der Waals surface area contributed by atoms with E-state index in [1.807, 2.05) is 35.4 Å². The van der Waals surface area contributed by atoms with Crippen molar-refractivity contribution in [1.82, 2.24) is 20.0 Å². The number of aromatic amines is 1. The SMILES string of the molecule is Cc1cc(C(=O)Nc2nc3c(s2)CN(C(=O)Cc2c[nH]c4ccccc24)CC3)no1. The van der Waals surface area contributed by atoms with Gasteiger partial charge in [0.15, 0.2) is 10.8 Å². The number of anilines is 1. The second-order valence-corrected chi connectivity index (χ2v) is 8.35. The van der Waals surface area contributed by atoms with Crippen molar-refractivity contribution < 1.29 is 14.1 Å². The molecule has 1 aromatic carbocycles. The summed E-state index contributed by atoms with van der Waals surface area (Å²) in [5.41, 5.74) is 3.19. The van der Waals surface area contributed by atoms with Crippen LogP contribution >= 0.6 is 11.3 Å². The van der Waals surface area contributed by atoms with Gasteiger partial charge in [-0.15, -0.1) is 0 Å². The van der Waals surface area contributed by atoms with Crippen LogP contribution in [0.15, 0.2) is 41.1 Å². The predicted octanol–water partition coefficient (Wildman–Crippen LogP) is 3.30. The number of nitrogens with one attached hydrogen (secondary N) is 2. The zero-order valence-electron chi connectivity index (χ0n) is 16.3. The molecular formula is C21H19N5O3S. The van der Waals surface area contributed by atoms with Gasteiger partial charge < -0.3 is 14.4 Å². The van der Waals surface area contributed by atoms with E-state index in [-0.39, 0.29) is 17.5 Å². The highest BCUT2D eigenvalue weighted by molar-refractivity contribution is 7.15. The Morgan fingerprint density at radius 3 is 3.03 bits per heavy atom. The number of carbonyl (C=O) groups is 2. The molecule has 4 heterocycles. The maximum atomic E-state index is 12.9. The number of thiazole rings is 1. The van der Waals surface area contributed by atoms with E-state index >= 15 is 0 Å². The van der Waals surface area contributed by atoms with Crippen molar-refractivity contribution in [3.05, 3.63) is 64.1 Å². The number of carbonyl (C=O) groups excluding carboxylic acids is 2. The minimum atomic E-state index is -0.356. The second kappa shape index (κ2) is 7.42. The van der Waals surface area contributed by atoms with Gasteiger partial charge in [0.25, 0.3) is 5.91 Å². The van der Waals surface area contributed by atoms with Crippen LogP contribution in [0.3, 0.4) is 0 Å². The molecule has 0 radical (unpaired) electrons. The van der Waals surface area contributed by atoms with Crippen LogP contribution < -0.4 is 5.32 Å². The third kappa shape index (κ3) is 3.48. The molecule has 1 aliphatic rings. The number of rotatable bonds is 4. The lowest BCUT2D eigenvalue weighted by Gasteiger charge is -2.26. The highest BCUT2D eigenvalue weighted by atomic mass is 32.1. The molecule has 0 spiro atoms. The maximum Gasteiger partial charge on any atom is 0.279 e. The lowest BCUT2D eigenvalue weighted by molar-refractivity contribution is -0.131. The number of hydrogen-bond acceptors (Lipinski definition) is 6. The third-order valence-electron chi connectivity index (χ3n) is 5.18. The van der Waals surface area contributed by atoms with Crippen molar-refractivity contribution in [1.29, 1.82) is 0 Å². The van der Waals surface area contributed by atoms with Crippen LogP contribution in [0.5, 0.6) is 0 Å². The van der Waals surface area contributed by atoms with Crippen molar-refractivity contribution in [2.75, 3.05) is 11.9 Å². The van der Waals surface area contributed by atoms with Crippen LogP contribution in [0, 0.1) is 6.92 Å². The van der Waals surface area contributed by atoms with E-state index in [0.29, 0.717) is 36.8 Å². The first-order chi connectivity index (χ1) is 14.6. The fourth-order valence-corrected chi connectivity index (χ4v) is 4.67. The van der Waals surface area contributed by atoms with Gasteiger partial charge in [-0.3, -0.25) is 14.9 Å². The summed E-state index contributed by atoms with van der Waals surface area (Å²) in [5, 5.41) is 8.08. The molecule has 0 saturated carbocycles. The van der Waals surface area contributed by atoms with Gasteiger partial charge in [-0.2, -0.15) is 0 Å². The molecule has 8 nitrogen and oxygen atoms in total. The molecule has 30 heavy (non-hydrogen) atoms. The number of benzene rings is 1. The van der Waals surface area contributed by atoms with E-state index in [2.05, 4.69) is 20.4 Å². The van der Waals surface area contributed by atoms with Crippen LogP contribution in [0.4, 0.5) is 5.13 Å². The molecule has 2 amide bonds. The Kier molecular flexibility index (Phi) is 4.59. The molecule has 2 N–H and O–H groups in total. The molecule has 5 rings (SSSR count). The maximum absolute atomic E-state index is 12.9. The lowest BCUT2D eigenvalue weighted by Crippen LogP contribution is -2.36. The smallest absolute Gasteiger partial charge is 0.279 e. The first kappa shape index (κ1) is 18.6. The Hall–Kier alpha value is -3.46. The van der Waals surface area contributed by atoms with Crippen molar-refractivity contribution in [2.24, 2.45) is 0 Å². The van der Waals surface area contributed by atoms with Crippen LogP contribution in [0.25, 0.3) is 10.9 Å². The van der Waals surface area contributed by atoms with E-state index in [1.165, 1.54) is 11.3 Å². The summed E-state index contributed by atoms with van der Waals surface area (Å²) >= 11 is 1.40. The molecule has 9 heteroatoms. The van der Waals surface area contributed by atoms with E-state index < -0.39 is 0 Å². The Balaban J connectivity index is 1.27. The van der Waals surface area contributed by atoms with Crippen LogP contribution in [-0.4, -0.2) is 38.4 Å². The molecule has 1 aliphatic heterocycles. The average molecular weight is 421 g/mol. The number of fused-ring (bicyclic) bond motifs is 2. The van der Waals surface area contributed by atoms with Crippen LogP contribution in [-0.2, 0) is 24.2 Å². The van der Waals surface area contributed by atoms with E-state index in [9.17, 15) is 9.59 Å². The topological polar surface area (TPSA) is 104 Å². The molecule has 0 unspecified atom stereocenters. The van der Waals surface area contributed by atoms with Gasteiger partial charge in [0.1, 0.15) is 5.76 Å². The summed E-state index contributed by atoms with van der Waals surface area (Å²) in [6, 6.07) is 9.56. The van der Waals surface area contributed by atoms with Gasteiger partial charge in [-0.25, -0.2) is 4.98 Å². The van der Waals surface area contributed by atoms with Crippen molar-refractivity contribution in [3.8, 4) is 0 Å². The highest BCUT2D eigenvalue weighted by Gasteiger charge is 2.25. The summed E-state index contributed by atoms with van der Waals surface area (Å²) in [5.74, 6) is 0.301. The normalized spacial score (nSPS) is 13.4. The third-order valence-corrected chi connectivity index (χ3v) is 6.18. The van der Waals surface area contributed by atoms with Crippen molar-refractivity contribution in [3.63, 3.8) is 0 Å². The zero-order chi connectivity index (χ0) is 20.7. The van der Waals surface area contributed by atoms with Gasteiger partial charge in [0, 0.05) is 41.0 Å². The molecule has 0 aliphatic carbocycles. The van der Waals surface area contributed by atoms with Crippen molar-refractivity contribution >= 4 is 39.2 Å². The van der Waals surface area contributed by atoms with Gasteiger partial charge >= 0.3 is 0 Å². The first-order valence-electron chi connectivity index (χ1n) is 9.63. The molecule has 0 fully saturated rings. The summed E-state index contributed by atoms with van der Waals surface area (Å²) in [7, 11) is 0. The number of aromatic nitrogens is 3. The predicted molar refractivity (Wildman–Crippen MR) is 112 cm³/mol. The fourth-order valence-electron chi connectivity index (χ4n) is 3.65. The number of aryl methyl sites for hydroxylation is 1. The lowest BCUT2D eigenvalue weighted by atomic mass is 10.1. The van der Waals surface area contributed by atoms with Gasteiger partial charge in [-0.05, 0) is 18.6 Å². The largest absolute Gasteiger partial charge is 0.361 e. The number of hydrogen-bond donors (Lipinski definition) is 2. The Morgan fingerprint density at radius 2 is 2.20 bits per heavy atom. The summed E-state index contributed by atoms with van der Waals surface area (Å²) in [6.45, 7) is 2.86. The van der Waals surface area contributed by atoms with Crippen LogP contribution in [0.1, 0.15) is 32.4 Å². The average Bonchev–Trinajstić information content (AvgIpc) is 3.45. The van der Waals surface area contributed by atoms with Crippen LogP contribution in [0.2, 0.25) is 0 Å². The van der Waals surface area contributed by atoms with E-state index in [4.69, 9.17) is 4.52 Å². The standard InChI is InChI=1S/C21H19N5O3S/c1-12-8-17(25-29-12)20(28)24-21-23-16-6-7-26(11-18(16)30-21)19(27)9-13-10-22-15-5-3-2-4-14(13)15/h2-5,8,10,22H,6-7,9,11H2,1H3,(H,23,24,28). The minimum Gasteiger partial charge on any atom is -0.361 e. The minimum absolute atomic E-state index is 0.0856. The van der Waals surface area contributed by atoms with Gasteiger partial charge in [0.05, 0.1) is 18.7 Å². The monoisotopic (exact) mass is 421 g/mol. The quantitative estimate of drug-likeness (QED) is 0.526. The van der Waals surface area contributed by atoms with Crippen molar-refractivity contribution in [2.45, 2.75) is 26.3 Å². The first-order valence-corrected chi connectivity index (χ1v) is 10.4. The van der Waals surface area contributed by atoms with E-state index in [1.54, 1.807) is 13.0 Å². The second-order valence-electron chi connectivity index (χ2n) is 7.27. The molecule has 3 aromatic heterocycles. The van der Waals surface area contributed by atoms with E-state index in [0.717, 1.165) is 27.0 Å². The highest BCUT2D eigenvalue weighted by Crippen LogP contribution is 2.29. The van der Waals surface area contributed by atoms with Gasteiger partial charge in [-0.1, -0.05) is 34.7 Å². The number of amides is 2. The molecule has 0 bridgehead atoms. The summed E-state index contributed by atoms with van der Waals surface area (Å²) in [4.78, 5) is 35.8. The summed E-state index contributed by atoms with van der Waals surface area (Å²) < 4.78 is 4.94. The van der Waals surface area contributed by atoms with Gasteiger partial charge in [0.2, 0.25) is 5.91 Å². The summed E-state index contributed by atoms with van der Waals surface area (Å²) in [6.07, 6.45) is 2.93. The zero-order valence-corrected chi connectivity index (χ0v) is 17.1. The Bertz CT molecular complexity index is 1250. The Morgan fingerprint density at radius 1 is 1.33 bits per heavy atom. The fraction of sp³-hybridized carbons (Fsp3) is 0.238. The number of nitrogens with zero attached hydrogens (tertiary/aromatic N) is 3. The number of H-pyrrole nitrogens is 1. The molecular weight excluding hydrogens is 402 g/mol. The molecule has 0 saturated heterocycles.